The number of rotatable bonds is 5. The molecule has 0 atom stereocenters. The third-order valence-corrected chi connectivity index (χ3v) is 6.66. The van der Waals surface area contributed by atoms with E-state index in [9.17, 15) is 8.42 Å². The van der Waals surface area contributed by atoms with Crippen LogP contribution in [0, 0.1) is 6.92 Å². The lowest BCUT2D eigenvalue weighted by atomic mass is 9.75. The molecule has 1 aliphatic rings. The van der Waals surface area contributed by atoms with E-state index in [1.807, 2.05) is 0 Å². The number of hydrogen-bond acceptors (Lipinski definition) is 3. The SMILES string of the molecule is Cc1ccc(C2CC(NCC(C)(C)S(C)(=O)=O)C2)cc1. The first-order valence-electron chi connectivity index (χ1n) is 7.18. The first kappa shape index (κ1) is 15.5. The quantitative estimate of drug-likeness (QED) is 0.908. The molecule has 20 heavy (non-hydrogen) atoms. The van der Waals surface area contributed by atoms with Gasteiger partial charge in [-0.2, -0.15) is 0 Å². The van der Waals surface area contributed by atoms with Gasteiger partial charge in [-0.15, -0.1) is 0 Å². The Morgan fingerprint density at radius 3 is 2.25 bits per heavy atom. The van der Waals surface area contributed by atoms with Gasteiger partial charge >= 0.3 is 0 Å². The summed E-state index contributed by atoms with van der Waals surface area (Å²) in [6, 6.07) is 9.17. The summed E-state index contributed by atoms with van der Waals surface area (Å²) in [6.07, 6.45) is 3.51. The van der Waals surface area contributed by atoms with Crippen LogP contribution in [0.25, 0.3) is 0 Å². The molecule has 0 radical (unpaired) electrons. The van der Waals surface area contributed by atoms with Gasteiger partial charge in [0, 0.05) is 18.8 Å². The number of hydrogen-bond donors (Lipinski definition) is 1. The molecule has 1 saturated carbocycles. The van der Waals surface area contributed by atoms with Gasteiger partial charge in [-0.25, -0.2) is 8.42 Å². The maximum Gasteiger partial charge on any atom is 0.153 e. The summed E-state index contributed by atoms with van der Waals surface area (Å²) < 4.78 is 22.6. The van der Waals surface area contributed by atoms with E-state index in [0.29, 0.717) is 18.5 Å². The molecule has 0 aliphatic heterocycles. The van der Waals surface area contributed by atoms with Crippen molar-refractivity contribution < 1.29 is 8.42 Å². The van der Waals surface area contributed by atoms with E-state index in [-0.39, 0.29) is 0 Å². The summed E-state index contributed by atoms with van der Waals surface area (Å²) in [5.74, 6) is 0.620. The van der Waals surface area contributed by atoms with Gasteiger partial charge in [-0.3, -0.25) is 0 Å². The molecule has 1 aliphatic carbocycles. The van der Waals surface area contributed by atoms with Gasteiger partial charge in [-0.05, 0) is 45.1 Å². The average Bonchev–Trinajstić information content (AvgIpc) is 2.27. The summed E-state index contributed by atoms with van der Waals surface area (Å²) in [5.41, 5.74) is 2.69. The van der Waals surface area contributed by atoms with Crippen LogP contribution in [0.1, 0.15) is 43.7 Å². The number of nitrogens with one attached hydrogen (secondary N) is 1. The molecular formula is C16H25NO2S. The van der Waals surface area contributed by atoms with Crippen molar-refractivity contribution in [3.63, 3.8) is 0 Å². The molecule has 0 spiro atoms. The predicted molar refractivity (Wildman–Crippen MR) is 83.9 cm³/mol. The van der Waals surface area contributed by atoms with E-state index in [1.165, 1.54) is 17.4 Å². The van der Waals surface area contributed by atoms with Gasteiger partial charge in [0.2, 0.25) is 0 Å². The highest BCUT2D eigenvalue weighted by Crippen LogP contribution is 2.37. The Morgan fingerprint density at radius 2 is 1.75 bits per heavy atom. The van der Waals surface area contributed by atoms with Gasteiger partial charge in [-0.1, -0.05) is 29.8 Å². The molecule has 3 nitrogen and oxygen atoms in total. The maximum absolute atomic E-state index is 11.6. The first-order chi connectivity index (χ1) is 9.19. The van der Waals surface area contributed by atoms with Crippen molar-refractivity contribution in [1.29, 1.82) is 0 Å². The first-order valence-corrected chi connectivity index (χ1v) is 9.08. The second-order valence-electron chi connectivity index (χ2n) is 6.69. The lowest BCUT2D eigenvalue weighted by Gasteiger charge is -2.38. The van der Waals surface area contributed by atoms with Crippen LogP contribution in [-0.4, -0.2) is 32.0 Å². The van der Waals surface area contributed by atoms with Gasteiger partial charge in [0.25, 0.3) is 0 Å². The third kappa shape index (κ3) is 3.41. The van der Waals surface area contributed by atoms with Crippen molar-refractivity contribution in [1.82, 2.24) is 5.32 Å². The van der Waals surface area contributed by atoms with Gasteiger partial charge in [0.1, 0.15) is 0 Å². The Labute approximate surface area is 122 Å². The molecule has 112 valence electrons. The third-order valence-electron chi connectivity index (χ3n) is 4.51. The highest BCUT2D eigenvalue weighted by Gasteiger charge is 2.34. The molecule has 0 saturated heterocycles. The molecule has 0 heterocycles. The van der Waals surface area contributed by atoms with Crippen LogP contribution >= 0.6 is 0 Å². The van der Waals surface area contributed by atoms with Gasteiger partial charge < -0.3 is 5.32 Å². The Bertz CT molecular complexity index is 555. The molecular weight excluding hydrogens is 270 g/mol. The van der Waals surface area contributed by atoms with Crippen LogP contribution in [0.4, 0.5) is 0 Å². The van der Waals surface area contributed by atoms with E-state index in [2.05, 4.69) is 36.5 Å². The molecule has 1 aromatic carbocycles. The molecule has 0 aromatic heterocycles. The van der Waals surface area contributed by atoms with Crippen LogP contribution < -0.4 is 5.32 Å². The topological polar surface area (TPSA) is 46.2 Å². The van der Waals surface area contributed by atoms with E-state index >= 15 is 0 Å². The highest BCUT2D eigenvalue weighted by atomic mass is 32.2. The lowest BCUT2D eigenvalue weighted by molar-refractivity contribution is 0.284. The van der Waals surface area contributed by atoms with Gasteiger partial charge in [0.05, 0.1) is 4.75 Å². The Kier molecular flexibility index (Phi) is 4.26. The predicted octanol–water partition coefficient (Wildman–Crippen LogP) is 2.65. The average molecular weight is 295 g/mol. The minimum Gasteiger partial charge on any atom is -0.312 e. The smallest absolute Gasteiger partial charge is 0.153 e. The molecule has 2 rings (SSSR count). The summed E-state index contributed by atoms with van der Waals surface area (Å²) in [7, 11) is -3.02. The molecule has 4 heteroatoms. The molecule has 0 amide bonds. The fraction of sp³-hybridized carbons (Fsp3) is 0.625. The Hall–Kier alpha value is -0.870. The Balaban J connectivity index is 1.82. The van der Waals surface area contributed by atoms with Crippen molar-refractivity contribution in [2.45, 2.75) is 50.3 Å². The minimum absolute atomic E-state index is 0.447. The number of benzene rings is 1. The van der Waals surface area contributed by atoms with Crippen LogP contribution in [0.2, 0.25) is 0 Å². The maximum atomic E-state index is 11.6. The summed E-state index contributed by atoms with van der Waals surface area (Å²) >= 11 is 0. The van der Waals surface area contributed by atoms with Crippen LogP contribution in [0.3, 0.4) is 0 Å². The minimum atomic E-state index is -3.02. The van der Waals surface area contributed by atoms with Crippen LogP contribution in [-0.2, 0) is 9.84 Å². The van der Waals surface area contributed by atoms with Crippen molar-refractivity contribution in [2.24, 2.45) is 0 Å². The zero-order valence-corrected chi connectivity index (χ0v) is 13.6. The fourth-order valence-electron chi connectivity index (χ4n) is 2.42. The number of aryl methyl sites for hydroxylation is 1. The second-order valence-corrected chi connectivity index (χ2v) is 9.34. The summed E-state index contributed by atoms with van der Waals surface area (Å²) in [6.45, 7) is 6.19. The summed E-state index contributed by atoms with van der Waals surface area (Å²) in [4.78, 5) is 0. The number of sulfone groups is 1. The zero-order valence-electron chi connectivity index (χ0n) is 12.8. The fourth-order valence-corrected chi connectivity index (χ4v) is 2.76. The monoisotopic (exact) mass is 295 g/mol. The largest absolute Gasteiger partial charge is 0.312 e. The highest BCUT2D eigenvalue weighted by molar-refractivity contribution is 7.92. The van der Waals surface area contributed by atoms with E-state index < -0.39 is 14.6 Å². The molecule has 1 N–H and O–H groups in total. The normalized spacial score (nSPS) is 23.4. The van der Waals surface area contributed by atoms with Crippen molar-refractivity contribution in [2.75, 3.05) is 12.8 Å². The standard InChI is InChI=1S/C16H25NO2S/c1-12-5-7-13(8-6-12)14-9-15(10-14)17-11-16(2,3)20(4,18)19/h5-8,14-15,17H,9-11H2,1-4H3. The zero-order chi connectivity index (χ0) is 15.0. The van der Waals surface area contributed by atoms with Crippen molar-refractivity contribution in [3.8, 4) is 0 Å². The van der Waals surface area contributed by atoms with Crippen molar-refractivity contribution >= 4 is 9.84 Å². The molecule has 1 fully saturated rings. The second kappa shape index (κ2) is 5.49. The van der Waals surface area contributed by atoms with E-state index in [4.69, 9.17) is 0 Å². The van der Waals surface area contributed by atoms with Gasteiger partial charge in [0.15, 0.2) is 9.84 Å². The Morgan fingerprint density at radius 1 is 1.20 bits per heavy atom. The molecule has 1 aromatic rings. The lowest BCUT2D eigenvalue weighted by Crippen LogP contribution is -2.49. The van der Waals surface area contributed by atoms with Crippen LogP contribution in [0.5, 0.6) is 0 Å². The molecule has 0 bridgehead atoms. The van der Waals surface area contributed by atoms with Crippen molar-refractivity contribution in [3.05, 3.63) is 35.4 Å². The van der Waals surface area contributed by atoms with E-state index in [1.54, 1.807) is 13.8 Å². The van der Waals surface area contributed by atoms with E-state index in [0.717, 1.165) is 12.8 Å². The molecule has 0 unspecified atom stereocenters. The summed E-state index contributed by atoms with van der Waals surface area (Å²) in [5, 5.41) is 3.40. The van der Waals surface area contributed by atoms with Crippen LogP contribution in [0.15, 0.2) is 24.3 Å².